The van der Waals surface area contributed by atoms with Crippen LogP contribution in [0, 0.1) is 0 Å². The number of hydrogen-bond donors (Lipinski definition) is 3. The van der Waals surface area contributed by atoms with Crippen LogP contribution in [0.2, 0.25) is 0 Å². The van der Waals surface area contributed by atoms with Crippen molar-refractivity contribution in [1.82, 2.24) is 0 Å². The van der Waals surface area contributed by atoms with E-state index >= 15 is 0 Å². The van der Waals surface area contributed by atoms with Crippen LogP contribution in [0.5, 0.6) is 0 Å². The molecule has 1 fully saturated rings. The highest BCUT2D eigenvalue weighted by Gasteiger charge is 1.96. The standard InChI is InChI=1S/C15H30.3C2H6O/c1-2-4-6-8-10-12-14-15-13-11-9-7-5-3-1;3*1-2-3/h1-15H2;3*3H,2H2,1H3. The summed E-state index contributed by atoms with van der Waals surface area (Å²) in [5.41, 5.74) is 0. The van der Waals surface area contributed by atoms with Gasteiger partial charge in [-0.3, -0.25) is 0 Å². The van der Waals surface area contributed by atoms with Crippen molar-refractivity contribution in [2.75, 3.05) is 19.8 Å². The first kappa shape index (κ1) is 28.7. The maximum Gasteiger partial charge on any atom is 0.0402 e. The van der Waals surface area contributed by atoms with Crippen LogP contribution in [0.1, 0.15) is 117 Å². The van der Waals surface area contributed by atoms with Gasteiger partial charge in [0.25, 0.3) is 0 Å². The van der Waals surface area contributed by atoms with Crippen molar-refractivity contribution in [2.45, 2.75) is 117 Å². The van der Waals surface area contributed by atoms with Crippen LogP contribution < -0.4 is 0 Å². The molecule has 0 bridgehead atoms. The predicted octanol–water partition coefficient (Wildman–Crippen LogP) is 5.85. The van der Waals surface area contributed by atoms with E-state index in [-0.39, 0.29) is 19.8 Å². The molecule has 150 valence electrons. The van der Waals surface area contributed by atoms with Crippen molar-refractivity contribution in [1.29, 1.82) is 0 Å². The van der Waals surface area contributed by atoms with Crippen molar-refractivity contribution in [3.05, 3.63) is 0 Å². The van der Waals surface area contributed by atoms with Gasteiger partial charge in [-0.2, -0.15) is 0 Å². The topological polar surface area (TPSA) is 60.7 Å². The summed E-state index contributed by atoms with van der Waals surface area (Å²) in [5.74, 6) is 0. The first-order valence-electron chi connectivity index (χ1n) is 10.6. The molecule has 0 radical (unpaired) electrons. The third-order valence-corrected chi connectivity index (χ3v) is 3.75. The minimum absolute atomic E-state index is 0.250. The van der Waals surface area contributed by atoms with E-state index < -0.39 is 0 Å². The van der Waals surface area contributed by atoms with Gasteiger partial charge in [-0.15, -0.1) is 0 Å². The Morgan fingerprint density at radius 1 is 0.333 bits per heavy atom. The molecule has 0 aromatic rings. The first-order chi connectivity index (χ1) is 11.7. The average Bonchev–Trinajstić information content (AvgIpc) is 2.56. The summed E-state index contributed by atoms with van der Waals surface area (Å²) in [6.07, 6.45) is 22.5. The van der Waals surface area contributed by atoms with E-state index in [1.165, 1.54) is 96.3 Å². The molecule has 1 aliphatic rings. The predicted molar refractivity (Wildman–Crippen MR) is 108 cm³/mol. The molecule has 3 heteroatoms. The Morgan fingerprint density at radius 2 is 0.375 bits per heavy atom. The second-order valence-electron chi connectivity index (χ2n) is 6.25. The molecule has 0 aliphatic heterocycles. The molecule has 24 heavy (non-hydrogen) atoms. The highest BCUT2D eigenvalue weighted by molar-refractivity contribution is 4.52. The first-order valence-corrected chi connectivity index (χ1v) is 10.6. The Hall–Kier alpha value is -0.120. The van der Waals surface area contributed by atoms with Gasteiger partial charge in [-0.1, -0.05) is 96.3 Å². The fourth-order valence-electron chi connectivity index (χ4n) is 2.65. The third-order valence-electron chi connectivity index (χ3n) is 3.75. The number of aliphatic hydroxyl groups is 3. The van der Waals surface area contributed by atoms with Crippen LogP contribution in [-0.2, 0) is 0 Å². The van der Waals surface area contributed by atoms with E-state index in [1.54, 1.807) is 20.8 Å². The van der Waals surface area contributed by atoms with Crippen molar-refractivity contribution in [2.24, 2.45) is 0 Å². The summed E-state index contributed by atoms with van der Waals surface area (Å²) in [6, 6.07) is 0. The molecule has 0 spiro atoms. The lowest BCUT2D eigenvalue weighted by molar-refractivity contribution is 0.318. The Balaban J connectivity index is -0.000000410. The summed E-state index contributed by atoms with van der Waals surface area (Å²) in [4.78, 5) is 0. The summed E-state index contributed by atoms with van der Waals surface area (Å²) in [6.45, 7) is 5.79. The van der Waals surface area contributed by atoms with Crippen molar-refractivity contribution < 1.29 is 15.3 Å². The fourth-order valence-corrected chi connectivity index (χ4v) is 2.65. The lowest BCUT2D eigenvalue weighted by atomic mass is 10.1. The molecule has 0 saturated heterocycles. The molecule has 1 aliphatic carbocycles. The van der Waals surface area contributed by atoms with E-state index in [9.17, 15) is 0 Å². The summed E-state index contributed by atoms with van der Waals surface area (Å²) < 4.78 is 0. The van der Waals surface area contributed by atoms with Crippen molar-refractivity contribution in [3.63, 3.8) is 0 Å². The average molecular weight is 349 g/mol. The van der Waals surface area contributed by atoms with E-state index in [4.69, 9.17) is 15.3 Å². The Kier molecular flexibility index (Phi) is 40.9. The molecule has 1 rings (SSSR count). The van der Waals surface area contributed by atoms with E-state index in [0.717, 1.165) is 0 Å². The van der Waals surface area contributed by atoms with Crippen LogP contribution in [-0.4, -0.2) is 35.1 Å². The molecular formula is C21H48O3. The molecule has 1 saturated carbocycles. The molecule has 0 atom stereocenters. The van der Waals surface area contributed by atoms with Gasteiger partial charge in [-0.25, -0.2) is 0 Å². The van der Waals surface area contributed by atoms with E-state index in [1.807, 2.05) is 0 Å². The van der Waals surface area contributed by atoms with Crippen molar-refractivity contribution >= 4 is 0 Å². The van der Waals surface area contributed by atoms with Gasteiger partial charge >= 0.3 is 0 Å². The van der Waals surface area contributed by atoms with Gasteiger partial charge in [0.1, 0.15) is 0 Å². The Morgan fingerprint density at radius 3 is 0.417 bits per heavy atom. The van der Waals surface area contributed by atoms with Crippen LogP contribution in [0.4, 0.5) is 0 Å². The number of rotatable bonds is 0. The molecular weight excluding hydrogens is 300 g/mol. The Labute approximate surface area is 152 Å². The SMILES string of the molecule is C1CCCCCCCCCCCCCC1.CCO.CCO.CCO. The quantitative estimate of drug-likeness (QED) is 0.515. The van der Waals surface area contributed by atoms with Crippen LogP contribution in [0.15, 0.2) is 0 Å². The third kappa shape index (κ3) is 43.1. The largest absolute Gasteiger partial charge is 0.397 e. The maximum atomic E-state index is 7.57. The van der Waals surface area contributed by atoms with E-state index in [0.29, 0.717) is 0 Å². The smallest absolute Gasteiger partial charge is 0.0402 e. The number of hydrogen-bond acceptors (Lipinski definition) is 3. The highest BCUT2D eigenvalue weighted by Crippen LogP contribution is 2.16. The zero-order valence-electron chi connectivity index (χ0n) is 17.1. The molecule has 0 aromatic carbocycles. The van der Waals surface area contributed by atoms with Gasteiger partial charge in [0.15, 0.2) is 0 Å². The number of aliphatic hydroxyl groups excluding tert-OH is 3. The molecule has 3 N–H and O–H groups in total. The van der Waals surface area contributed by atoms with E-state index in [2.05, 4.69) is 0 Å². The summed E-state index contributed by atoms with van der Waals surface area (Å²) in [5, 5.41) is 22.7. The minimum atomic E-state index is 0.250. The van der Waals surface area contributed by atoms with Gasteiger partial charge in [0, 0.05) is 19.8 Å². The van der Waals surface area contributed by atoms with Crippen LogP contribution in [0.3, 0.4) is 0 Å². The molecule has 0 heterocycles. The van der Waals surface area contributed by atoms with Crippen molar-refractivity contribution in [3.8, 4) is 0 Å². The monoisotopic (exact) mass is 348 g/mol. The van der Waals surface area contributed by atoms with Gasteiger partial charge in [-0.05, 0) is 20.8 Å². The molecule has 0 unspecified atom stereocenters. The summed E-state index contributed by atoms with van der Waals surface area (Å²) in [7, 11) is 0. The highest BCUT2D eigenvalue weighted by atomic mass is 16.3. The Bertz CT molecular complexity index is 99.8. The van der Waals surface area contributed by atoms with Crippen LogP contribution >= 0.6 is 0 Å². The molecule has 0 aromatic heterocycles. The summed E-state index contributed by atoms with van der Waals surface area (Å²) >= 11 is 0. The van der Waals surface area contributed by atoms with Gasteiger partial charge in [0.05, 0.1) is 0 Å². The minimum Gasteiger partial charge on any atom is -0.397 e. The maximum absolute atomic E-state index is 7.57. The lowest BCUT2D eigenvalue weighted by Crippen LogP contribution is -1.81. The second kappa shape index (κ2) is 34.3. The zero-order valence-corrected chi connectivity index (χ0v) is 17.1. The second-order valence-corrected chi connectivity index (χ2v) is 6.25. The normalized spacial score (nSPS) is 17.2. The molecule has 3 nitrogen and oxygen atoms in total. The van der Waals surface area contributed by atoms with Gasteiger partial charge < -0.3 is 15.3 Å². The fraction of sp³-hybridized carbons (Fsp3) is 1.00. The van der Waals surface area contributed by atoms with Crippen LogP contribution in [0.25, 0.3) is 0 Å². The lowest BCUT2D eigenvalue weighted by Gasteiger charge is -2.01. The zero-order chi connectivity index (χ0) is 18.7. The molecule has 0 amide bonds. The van der Waals surface area contributed by atoms with Gasteiger partial charge in [0.2, 0.25) is 0 Å².